The fourth-order valence-electron chi connectivity index (χ4n) is 4.70. The molecule has 204 valence electrons. The van der Waals surface area contributed by atoms with Gasteiger partial charge in [0.15, 0.2) is 0 Å². The Morgan fingerprint density at radius 1 is 0.875 bits per heavy atom. The van der Waals surface area contributed by atoms with Crippen molar-refractivity contribution in [2.24, 2.45) is 0 Å². The first kappa shape index (κ1) is 26.9. The molecule has 0 aliphatic heterocycles. The van der Waals surface area contributed by atoms with E-state index in [1.54, 1.807) is 28.7 Å². The number of urea groups is 1. The number of aromatic nitrogens is 2. The van der Waals surface area contributed by atoms with Crippen LogP contribution in [0.2, 0.25) is 0 Å². The standard InChI is InChI=1S/C32H33N5O3/c1-35(2)19-20-36(32(39)33-25-11-8-12-27(22-25)40-3)18-17-30-34-29-14-7-6-13-28(29)31(38)37(30)26-16-15-23-9-4-5-10-24(23)21-26/h4-16,21-22H,17-20H2,1-3H3,(H,33,39). The molecule has 0 bridgehead atoms. The Bertz CT molecular complexity index is 1710. The number of para-hydroxylation sites is 1. The van der Waals surface area contributed by atoms with Crippen molar-refractivity contribution in [3.63, 3.8) is 0 Å². The molecule has 5 aromatic rings. The number of hydrogen-bond donors (Lipinski definition) is 1. The molecule has 0 atom stereocenters. The van der Waals surface area contributed by atoms with E-state index < -0.39 is 0 Å². The number of carbonyl (C=O) groups is 1. The first-order valence-electron chi connectivity index (χ1n) is 13.3. The van der Waals surface area contributed by atoms with Crippen molar-refractivity contribution in [2.75, 3.05) is 46.2 Å². The van der Waals surface area contributed by atoms with Gasteiger partial charge in [0.2, 0.25) is 0 Å². The normalized spacial score (nSPS) is 11.2. The molecule has 1 heterocycles. The van der Waals surface area contributed by atoms with E-state index in [0.717, 1.165) is 16.5 Å². The molecule has 0 radical (unpaired) electrons. The molecule has 0 saturated carbocycles. The van der Waals surface area contributed by atoms with Crippen molar-refractivity contribution in [3.05, 3.63) is 107 Å². The van der Waals surface area contributed by atoms with E-state index in [9.17, 15) is 9.59 Å². The lowest BCUT2D eigenvalue weighted by Crippen LogP contribution is -2.41. The van der Waals surface area contributed by atoms with Crippen LogP contribution in [0.3, 0.4) is 0 Å². The monoisotopic (exact) mass is 535 g/mol. The first-order chi connectivity index (χ1) is 19.4. The average Bonchev–Trinajstić information content (AvgIpc) is 2.97. The van der Waals surface area contributed by atoms with Gasteiger partial charge in [0, 0.05) is 37.8 Å². The van der Waals surface area contributed by atoms with Gasteiger partial charge in [0.1, 0.15) is 11.6 Å². The molecule has 5 rings (SSSR count). The highest BCUT2D eigenvalue weighted by atomic mass is 16.5. The van der Waals surface area contributed by atoms with Crippen molar-refractivity contribution in [1.29, 1.82) is 0 Å². The third-order valence-electron chi connectivity index (χ3n) is 6.87. The number of nitrogens with zero attached hydrogens (tertiary/aromatic N) is 4. The minimum atomic E-state index is -0.226. The Labute approximate surface area is 233 Å². The molecule has 0 aliphatic rings. The molecule has 2 amide bonds. The summed E-state index contributed by atoms with van der Waals surface area (Å²) in [5.41, 5.74) is 1.91. The Morgan fingerprint density at radius 2 is 1.65 bits per heavy atom. The number of ether oxygens (including phenoxy) is 1. The Kier molecular flexibility index (Phi) is 8.07. The highest BCUT2D eigenvalue weighted by Crippen LogP contribution is 2.21. The van der Waals surface area contributed by atoms with Gasteiger partial charge >= 0.3 is 6.03 Å². The van der Waals surface area contributed by atoms with Crippen molar-refractivity contribution < 1.29 is 9.53 Å². The maximum absolute atomic E-state index is 13.8. The minimum absolute atomic E-state index is 0.128. The van der Waals surface area contributed by atoms with Crippen LogP contribution in [0.4, 0.5) is 10.5 Å². The third kappa shape index (κ3) is 5.97. The average molecular weight is 536 g/mol. The van der Waals surface area contributed by atoms with Crippen LogP contribution in [0, 0.1) is 0 Å². The molecule has 8 heteroatoms. The molecule has 1 N–H and O–H groups in total. The fraction of sp³-hybridized carbons (Fsp3) is 0.219. The van der Waals surface area contributed by atoms with E-state index in [1.807, 2.05) is 97.9 Å². The molecule has 40 heavy (non-hydrogen) atoms. The quantitative estimate of drug-likeness (QED) is 0.281. The van der Waals surface area contributed by atoms with Gasteiger partial charge in [-0.2, -0.15) is 0 Å². The lowest BCUT2D eigenvalue weighted by atomic mass is 10.1. The van der Waals surface area contributed by atoms with E-state index in [2.05, 4.69) is 5.32 Å². The van der Waals surface area contributed by atoms with E-state index in [0.29, 0.717) is 54.2 Å². The van der Waals surface area contributed by atoms with Crippen LogP contribution >= 0.6 is 0 Å². The highest BCUT2D eigenvalue weighted by molar-refractivity contribution is 5.89. The van der Waals surface area contributed by atoms with Gasteiger partial charge in [0.05, 0.1) is 23.7 Å². The van der Waals surface area contributed by atoms with Crippen LogP contribution in [-0.4, -0.2) is 66.2 Å². The largest absolute Gasteiger partial charge is 0.497 e. The van der Waals surface area contributed by atoms with E-state index in [1.165, 1.54) is 0 Å². The van der Waals surface area contributed by atoms with Gasteiger partial charge in [-0.25, -0.2) is 9.78 Å². The van der Waals surface area contributed by atoms with Crippen LogP contribution in [-0.2, 0) is 6.42 Å². The molecule has 4 aromatic carbocycles. The molecule has 0 unspecified atom stereocenters. The third-order valence-corrected chi connectivity index (χ3v) is 6.87. The molecule has 8 nitrogen and oxygen atoms in total. The Hall–Kier alpha value is -4.69. The van der Waals surface area contributed by atoms with E-state index >= 15 is 0 Å². The number of nitrogens with one attached hydrogen (secondary N) is 1. The zero-order valence-corrected chi connectivity index (χ0v) is 23.0. The predicted octanol–water partition coefficient (Wildman–Crippen LogP) is 5.19. The lowest BCUT2D eigenvalue weighted by Gasteiger charge is -2.25. The summed E-state index contributed by atoms with van der Waals surface area (Å²) in [7, 11) is 5.54. The van der Waals surface area contributed by atoms with Gasteiger partial charge in [0.25, 0.3) is 5.56 Å². The Morgan fingerprint density at radius 3 is 2.45 bits per heavy atom. The summed E-state index contributed by atoms with van der Waals surface area (Å²) in [5, 5.41) is 5.67. The summed E-state index contributed by atoms with van der Waals surface area (Å²) in [5.74, 6) is 1.26. The zero-order chi connectivity index (χ0) is 28.1. The van der Waals surface area contributed by atoms with Crippen LogP contribution in [0.15, 0.2) is 95.8 Å². The number of rotatable bonds is 9. The zero-order valence-electron chi connectivity index (χ0n) is 23.0. The summed E-state index contributed by atoms with van der Waals surface area (Å²) in [6.07, 6.45) is 0.395. The topological polar surface area (TPSA) is 79.7 Å². The van der Waals surface area contributed by atoms with Crippen LogP contribution in [0.25, 0.3) is 27.4 Å². The molecule has 0 aliphatic carbocycles. The van der Waals surface area contributed by atoms with Crippen LogP contribution < -0.4 is 15.6 Å². The number of benzene rings is 4. The summed E-state index contributed by atoms with van der Waals surface area (Å²) < 4.78 is 6.98. The van der Waals surface area contributed by atoms with Crippen molar-refractivity contribution in [1.82, 2.24) is 19.4 Å². The number of carbonyl (C=O) groups excluding carboxylic acids is 1. The number of hydrogen-bond acceptors (Lipinski definition) is 5. The van der Waals surface area contributed by atoms with Crippen molar-refractivity contribution in [2.45, 2.75) is 6.42 Å². The van der Waals surface area contributed by atoms with Crippen LogP contribution in [0.1, 0.15) is 5.82 Å². The van der Waals surface area contributed by atoms with E-state index in [-0.39, 0.29) is 11.6 Å². The molecular formula is C32H33N5O3. The summed E-state index contributed by atoms with van der Waals surface area (Å²) in [6.45, 7) is 1.58. The first-order valence-corrected chi connectivity index (χ1v) is 13.3. The van der Waals surface area contributed by atoms with Gasteiger partial charge in [-0.15, -0.1) is 0 Å². The maximum Gasteiger partial charge on any atom is 0.321 e. The molecule has 1 aromatic heterocycles. The second kappa shape index (κ2) is 12.0. The van der Waals surface area contributed by atoms with E-state index in [4.69, 9.17) is 9.72 Å². The molecule has 0 fully saturated rings. The predicted molar refractivity (Wildman–Crippen MR) is 161 cm³/mol. The SMILES string of the molecule is COc1cccc(NC(=O)N(CCc2nc3ccccc3c(=O)n2-c2ccc3ccccc3c2)CCN(C)C)c1. The Balaban J connectivity index is 1.49. The van der Waals surface area contributed by atoms with Gasteiger partial charge in [-0.3, -0.25) is 9.36 Å². The number of anilines is 1. The molecular weight excluding hydrogens is 502 g/mol. The fourth-order valence-corrected chi connectivity index (χ4v) is 4.70. The highest BCUT2D eigenvalue weighted by Gasteiger charge is 2.18. The van der Waals surface area contributed by atoms with Gasteiger partial charge in [-0.05, 0) is 61.3 Å². The van der Waals surface area contributed by atoms with Gasteiger partial charge in [-0.1, -0.05) is 48.5 Å². The maximum atomic E-state index is 13.8. The van der Waals surface area contributed by atoms with Crippen molar-refractivity contribution in [3.8, 4) is 11.4 Å². The summed E-state index contributed by atoms with van der Waals surface area (Å²) in [4.78, 5) is 35.9. The second-order valence-electron chi connectivity index (χ2n) is 9.92. The lowest BCUT2D eigenvalue weighted by molar-refractivity contribution is 0.205. The van der Waals surface area contributed by atoms with Crippen LogP contribution in [0.5, 0.6) is 5.75 Å². The smallest absolute Gasteiger partial charge is 0.321 e. The van der Waals surface area contributed by atoms with Gasteiger partial charge < -0.3 is 19.9 Å². The minimum Gasteiger partial charge on any atom is -0.497 e. The number of likely N-dealkylation sites (N-methyl/N-ethyl adjacent to an activating group) is 1. The molecule has 0 spiro atoms. The molecule has 0 saturated heterocycles. The number of fused-ring (bicyclic) bond motifs is 2. The van der Waals surface area contributed by atoms with Crippen molar-refractivity contribution >= 4 is 33.4 Å². The number of methoxy groups -OCH3 is 1. The summed E-state index contributed by atoms with van der Waals surface area (Å²) >= 11 is 0. The second-order valence-corrected chi connectivity index (χ2v) is 9.92. The summed E-state index contributed by atoms with van der Waals surface area (Å²) in [6, 6.07) is 28.5. The number of amides is 2.